The molecule has 0 aliphatic carbocycles. The Kier molecular flexibility index (Phi) is 6.57. The van der Waals surface area contributed by atoms with Crippen LogP contribution in [0, 0.1) is 0 Å². The molecule has 0 saturated carbocycles. The molecule has 0 heterocycles. The van der Waals surface area contributed by atoms with Gasteiger partial charge in [-0.1, -0.05) is 6.42 Å². The molecule has 0 fully saturated rings. The Morgan fingerprint density at radius 1 is 0.636 bits per heavy atom. The quantitative estimate of drug-likeness (QED) is 0.537. The fourth-order valence-corrected chi connectivity index (χ4v) is 1.03. The van der Waals surface area contributed by atoms with Crippen molar-refractivity contribution in [2.45, 2.75) is 19.3 Å². The van der Waals surface area contributed by atoms with Crippen LogP contribution in [0.5, 0.6) is 0 Å². The van der Waals surface area contributed by atoms with Crippen LogP contribution in [0.25, 0.3) is 0 Å². The maximum atomic E-state index is 2.25. The Bertz CT molecular complexity index is 69.6. The van der Waals surface area contributed by atoms with Crippen molar-refractivity contribution in [3.05, 3.63) is 0 Å². The monoisotopic (exact) mass is 158 g/mol. The first-order chi connectivity index (χ1) is 5.13. The second-order valence-corrected chi connectivity index (χ2v) is 3.67. The summed E-state index contributed by atoms with van der Waals surface area (Å²) in [7, 11) is 8.52. The lowest BCUT2D eigenvalue weighted by atomic mass is 10.2. The van der Waals surface area contributed by atoms with E-state index >= 15 is 0 Å². The molecule has 0 amide bonds. The molecule has 0 aliphatic heterocycles. The van der Waals surface area contributed by atoms with Gasteiger partial charge in [-0.2, -0.15) is 0 Å². The van der Waals surface area contributed by atoms with E-state index in [9.17, 15) is 0 Å². The first kappa shape index (κ1) is 10.9. The molecule has 0 unspecified atom stereocenters. The summed E-state index contributed by atoms with van der Waals surface area (Å²) >= 11 is 0. The number of hydrogen-bond donors (Lipinski definition) is 0. The number of rotatable bonds is 6. The summed E-state index contributed by atoms with van der Waals surface area (Å²) in [5.74, 6) is 0. The maximum Gasteiger partial charge on any atom is -0.00248 e. The summed E-state index contributed by atoms with van der Waals surface area (Å²) in [6.07, 6.45) is 4.03. The molecule has 2 heteroatoms. The lowest BCUT2D eigenvalue weighted by Gasteiger charge is -2.11. The zero-order chi connectivity index (χ0) is 8.69. The van der Waals surface area contributed by atoms with E-state index in [1.165, 1.54) is 32.4 Å². The summed E-state index contributed by atoms with van der Waals surface area (Å²) in [5.41, 5.74) is 0. The van der Waals surface area contributed by atoms with E-state index in [0.29, 0.717) is 0 Å². The second-order valence-electron chi connectivity index (χ2n) is 3.67. The summed E-state index contributed by atoms with van der Waals surface area (Å²) in [6.45, 7) is 2.46. The molecule has 0 N–H and O–H groups in total. The fourth-order valence-electron chi connectivity index (χ4n) is 1.03. The van der Waals surface area contributed by atoms with Crippen LogP contribution in [0.2, 0.25) is 0 Å². The Hall–Kier alpha value is -0.0800. The third-order valence-corrected chi connectivity index (χ3v) is 1.71. The largest absolute Gasteiger partial charge is 0.309 e. The Morgan fingerprint density at radius 3 is 1.27 bits per heavy atom. The topological polar surface area (TPSA) is 6.48 Å². The van der Waals surface area contributed by atoms with Crippen LogP contribution in [0.1, 0.15) is 19.3 Å². The minimum atomic E-state index is 1.23. The van der Waals surface area contributed by atoms with Gasteiger partial charge in [0.2, 0.25) is 0 Å². The van der Waals surface area contributed by atoms with E-state index in [4.69, 9.17) is 0 Å². The predicted molar refractivity (Wildman–Crippen MR) is 51.0 cm³/mol. The normalized spacial score (nSPS) is 11.5. The molecule has 0 aromatic heterocycles. The molecule has 0 aromatic rings. The van der Waals surface area contributed by atoms with Crippen molar-refractivity contribution in [3.63, 3.8) is 0 Å². The van der Waals surface area contributed by atoms with E-state index in [0.717, 1.165) is 0 Å². The van der Waals surface area contributed by atoms with E-state index in [1.807, 2.05) is 0 Å². The highest BCUT2D eigenvalue weighted by Crippen LogP contribution is 1.96. The molecule has 0 radical (unpaired) electrons. The van der Waals surface area contributed by atoms with Gasteiger partial charge in [0.1, 0.15) is 0 Å². The summed E-state index contributed by atoms with van der Waals surface area (Å²) in [4.78, 5) is 4.49. The van der Waals surface area contributed by atoms with Crippen molar-refractivity contribution in [1.29, 1.82) is 0 Å². The van der Waals surface area contributed by atoms with Gasteiger partial charge in [0.25, 0.3) is 0 Å². The van der Waals surface area contributed by atoms with Gasteiger partial charge in [0, 0.05) is 0 Å². The average molecular weight is 158 g/mol. The van der Waals surface area contributed by atoms with Gasteiger partial charge in [0.15, 0.2) is 0 Å². The molecule has 0 rings (SSSR count). The standard InChI is InChI=1S/C9H22N2/c1-10(2)8-6-5-7-9-11(3)4/h5-9H2,1-4H3. The molecule has 0 aliphatic rings. The molecular weight excluding hydrogens is 136 g/mol. The number of nitrogens with zero attached hydrogens (tertiary/aromatic N) is 2. The SMILES string of the molecule is CN(C)CCCCCN(C)C. The van der Waals surface area contributed by atoms with Gasteiger partial charge in [-0.05, 0) is 54.1 Å². The smallest absolute Gasteiger partial charge is 0.00248 e. The summed E-state index contributed by atoms with van der Waals surface area (Å²) in [5, 5.41) is 0. The van der Waals surface area contributed by atoms with E-state index in [2.05, 4.69) is 38.0 Å². The van der Waals surface area contributed by atoms with Crippen molar-refractivity contribution < 1.29 is 0 Å². The molecule has 0 spiro atoms. The number of hydrogen-bond acceptors (Lipinski definition) is 2. The van der Waals surface area contributed by atoms with Crippen molar-refractivity contribution >= 4 is 0 Å². The minimum Gasteiger partial charge on any atom is -0.309 e. The van der Waals surface area contributed by atoms with Crippen LogP contribution < -0.4 is 0 Å². The van der Waals surface area contributed by atoms with Crippen LogP contribution in [0.3, 0.4) is 0 Å². The second kappa shape index (κ2) is 6.62. The molecule has 0 saturated heterocycles. The van der Waals surface area contributed by atoms with E-state index in [-0.39, 0.29) is 0 Å². The zero-order valence-corrected chi connectivity index (χ0v) is 8.43. The van der Waals surface area contributed by atoms with Gasteiger partial charge in [0.05, 0.1) is 0 Å². The van der Waals surface area contributed by atoms with E-state index < -0.39 is 0 Å². The molecule has 0 bridgehead atoms. The molecule has 0 aromatic carbocycles. The van der Waals surface area contributed by atoms with Crippen molar-refractivity contribution in [2.75, 3.05) is 41.3 Å². The lowest BCUT2D eigenvalue weighted by molar-refractivity contribution is 0.363. The molecule has 68 valence electrons. The Balaban J connectivity index is 2.91. The predicted octanol–water partition coefficient (Wildman–Crippen LogP) is 1.28. The Morgan fingerprint density at radius 2 is 1.00 bits per heavy atom. The summed E-state index contributed by atoms with van der Waals surface area (Å²) < 4.78 is 0. The van der Waals surface area contributed by atoms with Gasteiger partial charge in [-0.25, -0.2) is 0 Å². The van der Waals surface area contributed by atoms with Gasteiger partial charge in [-0.15, -0.1) is 0 Å². The highest BCUT2D eigenvalue weighted by molar-refractivity contribution is 4.48. The van der Waals surface area contributed by atoms with E-state index in [1.54, 1.807) is 0 Å². The third kappa shape index (κ3) is 9.92. The van der Waals surface area contributed by atoms with Crippen molar-refractivity contribution in [3.8, 4) is 0 Å². The first-order valence-corrected chi connectivity index (χ1v) is 4.42. The molecule has 11 heavy (non-hydrogen) atoms. The number of unbranched alkanes of at least 4 members (excludes halogenated alkanes) is 2. The molecular formula is C9H22N2. The Labute approximate surface area is 71.2 Å². The van der Waals surface area contributed by atoms with Gasteiger partial charge < -0.3 is 9.80 Å². The van der Waals surface area contributed by atoms with Crippen molar-refractivity contribution in [2.24, 2.45) is 0 Å². The average Bonchev–Trinajstić information content (AvgIpc) is 1.85. The highest BCUT2D eigenvalue weighted by atomic mass is 15.1. The maximum absolute atomic E-state index is 2.25. The van der Waals surface area contributed by atoms with Crippen LogP contribution in [-0.4, -0.2) is 51.1 Å². The summed E-state index contributed by atoms with van der Waals surface area (Å²) in [6, 6.07) is 0. The molecule has 2 nitrogen and oxygen atoms in total. The van der Waals surface area contributed by atoms with Crippen LogP contribution in [0.15, 0.2) is 0 Å². The lowest BCUT2D eigenvalue weighted by Crippen LogP contribution is -2.15. The van der Waals surface area contributed by atoms with Crippen LogP contribution in [0.4, 0.5) is 0 Å². The molecule has 0 atom stereocenters. The van der Waals surface area contributed by atoms with Gasteiger partial charge in [-0.3, -0.25) is 0 Å². The fraction of sp³-hybridized carbons (Fsp3) is 1.00. The van der Waals surface area contributed by atoms with Crippen LogP contribution >= 0.6 is 0 Å². The minimum absolute atomic E-state index is 1.23. The van der Waals surface area contributed by atoms with Crippen molar-refractivity contribution in [1.82, 2.24) is 9.80 Å². The van der Waals surface area contributed by atoms with Crippen LogP contribution in [-0.2, 0) is 0 Å². The van der Waals surface area contributed by atoms with Gasteiger partial charge >= 0.3 is 0 Å². The highest BCUT2D eigenvalue weighted by Gasteiger charge is 1.92. The first-order valence-electron chi connectivity index (χ1n) is 4.42. The third-order valence-electron chi connectivity index (χ3n) is 1.71. The zero-order valence-electron chi connectivity index (χ0n) is 8.43.